The zero-order chi connectivity index (χ0) is 16.4. The molecule has 23 heavy (non-hydrogen) atoms. The topological polar surface area (TPSA) is 87.5 Å². The van der Waals surface area contributed by atoms with E-state index in [0.29, 0.717) is 18.7 Å². The molecular formula is C16H18N4O3. The first kappa shape index (κ1) is 15.1. The molecule has 7 nitrogen and oxygen atoms in total. The second-order valence-electron chi connectivity index (χ2n) is 5.94. The molecule has 1 aliphatic heterocycles. The van der Waals surface area contributed by atoms with Gasteiger partial charge >= 0.3 is 12.0 Å². The highest BCUT2D eigenvalue weighted by atomic mass is 16.4. The van der Waals surface area contributed by atoms with Gasteiger partial charge in [0.1, 0.15) is 0 Å². The predicted octanol–water partition coefficient (Wildman–Crippen LogP) is 2.20. The SMILES string of the molecule is CC1(C(=O)O)CCN(C(=O)Nc2ccccc2-n2cccn2)C1. The lowest BCUT2D eigenvalue weighted by molar-refractivity contribution is -0.146. The number of nitrogens with one attached hydrogen (secondary N) is 1. The van der Waals surface area contributed by atoms with E-state index in [4.69, 9.17) is 0 Å². The highest BCUT2D eigenvalue weighted by molar-refractivity contribution is 5.92. The van der Waals surface area contributed by atoms with Crippen molar-refractivity contribution in [3.8, 4) is 5.69 Å². The number of likely N-dealkylation sites (tertiary alicyclic amines) is 1. The van der Waals surface area contributed by atoms with Crippen molar-refractivity contribution in [2.75, 3.05) is 18.4 Å². The lowest BCUT2D eigenvalue weighted by atomic mass is 9.90. The van der Waals surface area contributed by atoms with Crippen LogP contribution < -0.4 is 5.32 Å². The average molecular weight is 314 g/mol. The van der Waals surface area contributed by atoms with Crippen LogP contribution in [0.1, 0.15) is 13.3 Å². The smallest absolute Gasteiger partial charge is 0.321 e. The zero-order valence-electron chi connectivity index (χ0n) is 12.8. The molecule has 1 saturated heterocycles. The third-order valence-corrected chi connectivity index (χ3v) is 4.17. The van der Waals surface area contributed by atoms with E-state index in [9.17, 15) is 14.7 Å². The van der Waals surface area contributed by atoms with Crippen molar-refractivity contribution in [2.24, 2.45) is 5.41 Å². The number of benzene rings is 1. The molecule has 2 N–H and O–H groups in total. The summed E-state index contributed by atoms with van der Waals surface area (Å²) < 4.78 is 1.67. The van der Waals surface area contributed by atoms with E-state index < -0.39 is 11.4 Å². The maximum Gasteiger partial charge on any atom is 0.321 e. The van der Waals surface area contributed by atoms with Crippen LogP contribution in [0.2, 0.25) is 0 Å². The summed E-state index contributed by atoms with van der Waals surface area (Å²) >= 11 is 0. The molecule has 2 heterocycles. The Kier molecular flexibility index (Phi) is 3.77. The molecule has 120 valence electrons. The number of hydrogen-bond donors (Lipinski definition) is 2. The minimum Gasteiger partial charge on any atom is -0.481 e. The molecule has 1 aliphatic rings. The Hall–Kier alpha value is -2.83. The standard InChI is InChI=1S/C16H18N4O3/c1-16(14(21)22)7-10-19(11-16)15(23)18-12-5-2-3-6-13(12)20-9-4-8-17-20/h2-6,8-9H,7,10-11H2,1H3,(H,18,23)(H,21,22). The summed E-state index contributed by atoms with van der Waals surface area (Å²) in [4.78, 5) is 25.3. The number of carboxylic acid groups (broad SMARTS) is 1. The Labute approximate surface area is 133 Å². The Bertz CT molecular complexity index is 729. The van der Waals surface area contributed by atoms with Crippen LogP contribution >= 0.6 is 0 Å². The minimum absolute atomic E-state index is 0.206. The predicted molar refractivity (Wildman–Crippen MR) is 84.5 cm³/mol. The lowest BCUT2D eigenvalue weighted by Crippen LogP contribution is -2.37. The number of hydrogen-bond acceptors (Lipinski definition) is 3. The Morgan fingerprint density at radius 3 is 2.74 bits per heavy atom. The van der Waals surface area contributed by atoms with Gasteiger partial charge in [0.05, 0.1) is 16.8 Å². The van der Waals surface area contributed by atoms with Gasteiger partial charge in [0.25, 0.3) is 0 Å². The number of para-hydroxylation sites is 2. The van der Waals surface area contributed by atoms with Crippen molar-refractivity contribution in [3.05, 3.63) is 42.7 Å². The van der Waals surface area contributed by atoms with Gasteiger partial charge in [0.2, 0.25) is 0 Å². The van der Waals surface area contributed by atoms with E-state index in [-0.39, 0.29) is 12.6 Å². The molecule has 1 aromatic heterocycles. The summed E-state index contributed by atoms with van der Waals surface area (Å²) in [5.41, 5.74) is 0.509. The summed E-state index contributed by atoms with van der Waals surface area (Å²) in [7, 11) is 0. The van der Waals surface area contributed by atoms with E-state index in [1.165, 1.54) is 4.90 Å². The zero-order valence-corrected chi connectivity index (χ0v) is 12.8. The van der Waals surface area contributed by atoms with Gasteiger partial charge in [-0.25, -0.2) is 9.48 Å². The molecule has 1 fully saturated rings. The van der Waals surface area contributed by atoms with Gasteiger partial charge in [-0.15, -0.1) is 0 Å². The van der Waals surface area contributed by atoms with Crippen molar-refractivity contribution < 1.29 is 14.7 Å². The number of carbonyl (C=O) groups is 2. The van der Waals surface area contributed by atoms with E-state index in [0.717, 1.165) is 5.69 Å². The first-order chi connectivity index (χ1) is 11.0. The molecule has 1 aromatic carbocycles. The normalized spacial score (nSPS) is 20.5. The largest absolute Gasteiger partial charge is 0.481 e. The summed E-state index contributed by atoms with van der Waals surface area (Å²) in [6, 6.07) is 8.85. The minimum atomic E-state index is -0.876. The van der Waals surface area contributed by atoms with Gasteiger partial charge in [0.15, 0.2) is 0 Å². The molecule has 1 unspecified atom stereocenters. The number of aromatic nitrogens is 2. The Morgan fingerprint density at radius 2 is 2.09 bits per heavy atom. The number of rotatable bonds is 3. The van der Waals surface area contributed by atoms with E-state index >= 15 is 0 Å². The molecule has 0 radical (unpaired) electrons. The van der Waals surface area contributed by atoms with Crippen molar-refractivity contribution in [1.29, 1.82) is 0 Å². The number of anilines is 1. The number of carboxylic acids is 1. The monoisotopic (exact) mass is 314 g/mol. The number of amides is 2. The van der Waals surface area contributed by atoms with Gasteiger partial charge < -0.3 is 15.3 Å². The van der Waals surface area contributed by atoms with Crippen LogP contribution in [0.3, 0.4) is 0 Å². The van der Waals surface area contributed by atoms with Crippen LogP contribution in [0.25, 0.3) is 5.69 Å². The summed E-state index contributed by atoms with van der Waals surface area (Å²) in [5, 5.41) is 16.3. The van der Waals surface area contributed by atoms with Crippen molar-refractivity contribution in [2.45, 2.75) is 13.3 Å². The highest BCUT2D eigenvalue weighted by Crippen LogP contribution is 2.30. The fraction of sp³-hybridized carbons (Fsp3) is 0.312. The second-order valence-corrected chi connectivity index (χ2v) is 5.94. The van der Waals surface area contributed by atoms with E-state index in [1.807, 2.05) is 18.2 Å². The number of carbonyl (C=O) groups excluding carboxylic acids is 1. The van der Waals surface area contributed by atoms with Gasteiger partial charge in [0, 0.05) is 25.5 Å². The van der Waals surface area contributed by atoms with Gasteiger partial charge in [-0.1, -0.05) is 12.1 Å². The third-order valence-electron chi connectivity index (χ3n) is 4.17. The van der Waals surface area contributed by atoms with Gasteiger partial charge in [-0.05, 0) is 31.5 Å². The first-order valence-electron chi connectivity index (χ1n) is 7.38. The number of urea groups is 1. The van der Waals surface area contributed by atoms with Gasteiger partial charge in [-0.2, -0.15) is 5.10 Å². The summed E-state index contributed by atoms with van der Waals surface area (Å²) in [5.74, 6) is -0.871. The number of aliphatic carboxylic acids is 1. The van der Waals surface area contributed by atoms with Crippen LogP contribution in [-0.4, -0.2) is 44.9 Å². The van der Waals surface area contributed by atoms with Crippen LogP contribution in [0.5, 0.6) is 0 Å². The molecule has 2 aromatic rings. The van der Waals surface area contributed by atoms with Crippen molar-refractivity contribution in [1.82, 2.24) is 14.7 Å². The molecule has 2 amide bonds. The van der Waals surface area contributed by atoms with E-state index in [2.05, 4.69) is 10.4 Å². The van der Waals surface area contributed by atoms with E-state index in [1.54, 1.807) is 36.1 Å². The lowest BCUT2D eigenvalue weighted by Gasteiger charge is -2.21. The molecule has 0 aliphatic carbocycles. The molecule has 0 saturated carbocycles. The molecule has 7 heteroatoms. The maximum absolute atomic E-state index is 12.4. The number of nitrogens with zero attached hydrogens (tertiary/aromatic N) is 3. The van der Waals surface area contributed by atoms with Gasteiger partial charge in [-0.3, -0.25) is 4.79 Å². The second kappa shape index (κ2) is 5.75. The Morgan fingerprint density at radius 1 is 1.30 bits per heavy atom. The molecular weight excluding hydrogens is 296 g/mol. The van der Waals surface area contributed by atoms with Crippen LogP contribution in [0.15, 0.2) is 42.7 Å². The fourth-order valence-corrected chi connectivity index (χ4v) is 2.69. The first-order valence-corrected chi connectivity index (χ1v) is 7.38. The Balaban J connectivity index is 1.76. The summed E-state index contributed by atoms with van der Waals surface area (Å²) in [6.45, 7) is 2.30. The maximum atomic E-state index is 12.4. The van der Waals surface area contributed by atoms with Crippen molar-refractivity contribution >= 4 is 17.7 Å². The molecule has 0 spiro atoms. The summed E-state index contributed by atoms with van der Waals surface area (Å²) in [6.07, 6.45) is 3.91. The van der Waals surface area contributed by atoms with Crippen molar-refractivity contribution in [3.63, 3.8) is 0 Å². The quantitative estimate of drug-likeness (QED) is 0.909. The molecule has 1 atom stereocenters. The van der Waals surface area contributed by atoms with Crippen LogP contribution in [0.4, 0.5) is 10.5 Å². The molecule has 0 bridgehead atoms. The molecule has 3 rings (SSSR count). The highest BCUT2D eigenvalue weighted by Gasteiger charge is 2.42. The average Bonchev–Trinajstić information content (AvgIpc) is 3.18. The van der Waals surface area contributed by atoms with Crippen LogP contribution in [-0.2, 0) is 4.79 Å². The third kappa shape index (κ3) is 2.90. The fourth-order valence-electron chi connectivity index (χ4n) is 2.69. The van der Waals surface area contributed by atoms with Crippen LogP contribution in [0, 0.1) is 5.41 Å².